The van der Waals surface area contributed by atoms with Crippen molar-refractivity contribution in [3.05, 3.63) is 23.2 Å². The van der Waals surface area contributed by atoms with Crippen LogP contribution in [0.2, 0.25) is 5.02 Å². The van der Waals surface area contributed by atoms with Crippen molar-refractivity contribution < 1.29 is 24.2 Å². The van der Waals surface area contributed by atoms with E-state index in [-0.39, 0.29) is 37.7 Å². The SMILES string of the molecule is CCN(CCC(=O)O)C(=O)C1CC(=O)N(c2cc(Cl)ccc2OC)C1. The zero-order valence-electron chi connectivity index (χ0n) is 14.2. The minimum absolute atomic E-state index is 0.0814. The smallest absolute Gasteiger partial charge is 0.305 e. The second-order valence-electron chi connectivity index (χ2n) is 5.78. The van der Waals surface area contributed by atoms with E-state index in [2.05, 4.69) is 0 Å². The molecule has 25 heavy (non-hydrogen) atoms. The molecule has 2 rings (SSSR count). The molecule has 8 heteroatoms. The number of ether oxygens (including phenoxy) is 1. The summed E-state index contributed by atoms with van der Waals surface area (Å²) in [7, 11) is 1.50. The lowest BCUT2D eigenvalue weighted by Gasteiger charge is -2.24. The van der Waals surface area contributed by atoms with Gasteiger partial charge in [-0.05, 0) is 25.1 Å². The van der Waals surface area contributed by atoms with E-state index >= 15 is 0 Å². The van der Waals surface area contributed by atoms with E-state index in [4.69, 9.17) is 21.4 Å². The molecule has 0 aromatic heterocycles. The molecule has 7 nitrogen and oxygen atoms in total. The molecule has 1 fully saturated rings. The number of anilines is 1. The topological polar surface area (TPSA) is 87.2 Å². The third kappa shape index (κ3) is 4.42. The fourth-order valence-corrected chi connectivity index (χ4v) is 3.06. The Labute approximate surface area is 151 Å². The summed E-state index contributed by atoms with van der Waals surface area (Å²) >= 11 is 6.02. The summed E-state index contributed by atoms with van der Waals surface area (Å²) in [6, 6.07) is 4.97. The highest BCUT2D eigenvalue weighted by Gasteiger charge is 2.38. The molecule has 1 unspecified atom stereocenters. The molecule has 0 radical (unpaired) electrons. The van der Waals surface area contributed by atoms with E-state index in [1.165, 1.54) is 16.9 Å². The number of methoxy groups -OCH3 is 1. The van der Waals surface area contributed by atoms with Gasteiger partial charge < -0.3 is 19.6 Å². The number of carboxylic acid groups (broad SMARTS) is 1. The first-order valence-electron chi connectivity index (χ1n) is 8.01. The number of rotatable bonds is 7. The highest BCUT2D eigenvalue weighted by atomic mass is 35.5. The summed E-state index contributed by atoms with van der Waals surface area (Å²) < 4.78 is 5.28. The van der Waals surface area contributed by atoms with Crippen LogP contribution < -0.4 is 9.64 Å². The van der Waals surface area contributed by atoms with Crippen LogP contribution in [0.3, 0.4) is 0 Å². The molecular formula is C17H21ClN2O5. The first-order chi connectivity index (χ1) is 11.9. The number of nitrogens with zero attached hydrogens (tertiary/aromatic N) is 2. The quantitative estimate of drug-likeness (QED) is 0.795. The van der Waals surface area contributed by atoms with Crippen molar-refractivity contribution in [3.8, 4) is 5.75 Å². The van der Waals surface area contributed by atoms with E-state index in [0.717, 1.165) is 0 Å². The van der Waals surface area contributed by atoms with Crippen LogP contribution in [-0.4, -0.2) is 54.5 Å². The lowest BCUT2D eigenvalue weighted by molar-refractivity contribution is -0.139. The lowest BCUT2D eigenvalue weighted by atomic mass is 10.1. The highest BCUT2D eigenvalue weighted by Crippen LogP contribution is 2.35. The molecule has 0 saturated carbocycles. The Bertz CT molecular complexity index is 679. The largest absolute Gasteiger partial charge is 0.495 e. The molecule has 1 aromatic rings. The first kappa shape index (κ1) is 19.1. The third-order valence-corrected chi connectivity index (χ3v) is 4.43. The maximum Gasteiger partial charge on any atom is 0.305 e. The van der Waals surface area contributed by atoms with Crippen LogP contribution in [-0.2, 0) is 14.4 Å². The summed E-state index contributed by atoms with van der Waals surface area (Å²) in [5.41, 5.74) is 0.531. The second-order valence-corrected chi connectivity index (χ2v) is 6.22. The molecule has 1 aliphatic heterocycles. The van der Waals surface area contributed by atoms with Crippen molar-refractivity contribution in [2.75, 3.05) is 31.6 Å². The second kappa shape index (κ2) is 8.20. The maximum atomic E-state index is 12.6. The number of carbonyl (C=O) groups excluding carboxylic acids is 2. The van der Waals surface area contributed by atoms with Crippen molar-refractivity contribution in [1.29, 1.82) is 0 Å². The normalized spacial score (nSPS) is 16.8. The van der Waals surface area contributed by atoms with E-state index in [1.807, 2.05) is 0 Å². The molecule has 0 aliphatic carbocycles. The standard InChI is InChI=1S/C17H21ClN2O5/c1-3-19(7-6-16(22)23)17(24)11-8-15(21)20(10-11)13-9-12(18)4-5-14(13)25-2/h4-5,9,11H,3,6-8,10H2,1-2H3,(H,22,23). The number of carbonyl (C=O) groups is 3. The maximum absolute atomic E-state index is 12.6. The van der Waals surface area contributed by atoms with Gasteiger partial charge in [0.2, 0.25) is 11.8 Å². The number of benzene rings is 1. The lowest BCUT2D eigenvalue weighted by Crippen LogP contribution is -2.38. The molecule has 1 aliphatic rings. The van der Waals surface area contributed by atoms with Crippen LogP contribution in [0, 0.1) is 5.92 Å². The average molecular weight is 369 g/mol. The Morgan fingerprint density at radius 2 is 2.16 bits per heavy atom. The van der Waals surface area contributed by atoms with Crippen molar-refractivity contribution in [1.82, 2.24) is 4.90 Å². The van der Waals surface area contributed by atoms with Gasteiger partial charge in [0.15, 0.2) is 0 Å². The van der Waals surface area contributed by atoms with E-state index in [1.54, 1.807) is 25.1 Å². The van der Waals surface area contributed by atoms with Crippen molar-refractivity contribution >= 4 is 35.1 Å². The fourth-order valence-electron chi connectivity index (χ4n) is 2.89. The molecule has 1 atom stereocenters. The van der Waals surface area contributed by atoms with Gasteiger partial charge in [0.25, 0.3) is 0 Å². The molecule has 2 amide bonds. The van der Waals surface area contributed by atoms with Gasteiger partial charge in [0.1, 0.15) is 5.75 Å². The van der Waals surface area contributed by atoms with Gasteiger partial charge in [-0.15, -0.1) is 0 Å². The van der Waals surface area contributed by atoms with Crippen molar-refractivity contribution in [2.24, 2.45) is 5.92 Å². The van der Waals surface area contributed by atoms with Gasteiger partial charge in [-0.2, -0.15) is 0 Å². The third-order valence-electron chi connectivity index (χ3n) is 4.19. The summed E-state index contributed by atoms with van der Waals surface area (Å²) in [4.78, 5) is 38.7. The zero-order chi connectivity index (χ0) is 18.6. The summed E-state index contributed by atoms with van der Waals surface area (Å²) in [6.45, 7) is 2.54. The monoisotopic (exact) mass is 368 g/mol. The average Bonchev–Trinajstić information content (AvgIpc) is 2.96. The molecular weight excluding hydrogens is 348 g/mol. The number of halogens is 1. The van der Waals surface area contributed by atoms with Gasteiger partial charge in [-0.25, -0.2) is 0 Å². The summed E-state index contributed by atoms with van der Waals surface area (Å²) in [6.07, 6.45) is -0.0376. The van der Waals surface area contributed by atoms with E-state index < -0.39 is 11.9 Å². The predicted octanol–water partition coefficient (Wildman–Crippen LogP) is 2.02. The summed E-state index contributed by atoms with van der Waals surface area (Å²) in [5, 5.41) is 9.26. The van der Waals surface area contributed by atoms with E-state index in [0.29, 0.717) is 23.0 Å². The van der Waals surface area contributed by atoms with Crippen molar-refractivity contribution in [3.63, 3.8) is 0 Å². The molecule has 0 bridgehead atoms. The number of carboxylic acids is 1. The van der Waals surface area contributed by atoms with Crippen LogP contribution in [0.5, 0.6) is 5.75 Å². The Morgan fingerprint density at radius 3 is 2.76 bits per heavy atom. The minimum atomic E-state index is -0.959. The Balaban J connectivity index is 2.15. The van der Waals surface area contributed by atoms with Crippen LogP contribution in [0.25, 0.3) is 0 Å². The molecule has 1 aromatic carbocycles. The minimum Gasteiger partial charge on any atom is -0.495 e. The molecule has 136 valence electrons. The van der Waals surface area contributed by atoms with Gasteiger partial charge in [-0.3, -0.25) is 14.4 Å². The summed E-state index contributed by atoms with van der Waals surface area (Å²) in [5.74, 6) is -1.36. The predicted molar refractivity (Wildman–Crippen MR) is 93.0 cm³/mol. The van der Waals surface area contributed by atoms with Gasteiger partial charge in [0, 0.05) is 31.1 Å². The number of amides is 2. The molecule has 0 spiro atoms. The molecule has 1 N–H and O–H groups in total. The highest BCUT2D eigenvalue weighted by molar-refractivity contribution is 6.31. The number of hydrogen-bond acceptors (Lipinski definition) is 4. The van der Waals surface area contributed by atoms with Crippen LogP contribution in [0.1, 0.15) is 19.8 Å². The Hall–Kier alpha value is -2.28. The van der Waals surface area contributed by atoms with Gasteiger partial charge >= 0.3 is 5.97 Å². The Morgan fingerprint density at radius 1 is 1.44 bits per heavy atom. The number of hydrogen-bond donors (Lipinski definition) is 1. The first-order valence-corrected chi connectivity index (χ1v) is 8.39. The van der Waals surface area contributed by atoms with Crippen LogP contribution in [0.15, 0.2) is 18.2 Å². The van der Waals surface area contributed by atoms with Gasteiger partial charge in [0.05, 0.1) is 25.1 Å². The van der Waals surface area contributed by atoms with E-state index in [9.17, 15) is 14.4 Å². The zero-order valence-corrected chi connectivity index (χ0v) is 15.0. The Kier molecular flexibility index (Phi) is 6.25. The van der Waals surface area contributed by atoms with Crippen molar-refractivity contribution in [2.45, 2.75) is 19.8 Å². The van der Waals surface area contributed by atoms with Crippen LogP contribution in [0.4, 0.5) is 5.69 Å². The van der Waals surface area contributed by atoms with Crippen LogP contribution >= 0.6 is 11.6 Å². The fraction of sp³-hybridized carbons (Fsp3) is 0.471. The molecule has 1 heterocycles. The van der Waals surface area contributed by atoms with Gasteiger partial charge in [-0.1, -0.05) is 11.6 Å². The molecule has 1 saturated heterocycles. The number of aliphatic carboxylic acids is 1.